The van der Waals surface area contributed by atoms with E-state index in [-0.39, 0.29) is 28.6 Å². The molecule has 0 aliphatic carbocycles. The number of hydrogen-bond donors (Lipinski definition) is 2. The van der Waals surface area contributed by atoms with E-state index in [1.807, 2.05) is 0 Å². The molecule has 0 spiro atoms. The third kappa shape index (κ3) is 5.91. The second kappa shape index (κ2) is 10.1. The van der Waals surface area contributed by atoms with Gasteiger partial charge in [-0.25, -0.2) is 0 Å². The van der Waals surface area contributed by atoms with Gasteiger partial charge in [0, 0.05) is 0 Å². The van der Waals surface area contributed by atoms with Gasteiger partial charge < -0.3 is 0 Å². The third-order valence-corrected chi connectivity index (χ3v) is 7.22. The summed E-state index contributed by atoms with van der Waals surface area (Å²) in [5.74, 6) is 5.80. The summed E-state index contributed by atoms with van der Waals surface area (Å²) in [4.78, 5) is 18.8. The number of piperidine rings is 1. The van der Waals surface area contributed by atoms with Crippen molar-refractivity contribution in [2.75, 3.05) is 32.0 Å². The molecule has 180 valence electrons. The average Bonchev–Trinajstić information content (AvgIpc) is 3.36. The van der Waals surface area contributed by atoms with Crippen LogP contribution in [0.3, 0.4) is 0 Å². The quantitative estimate of drug-likeness (QED) is 0.377. The Hall–Kier alpha value is -3.00. The number of anilines is 1. The number of carbonyl (C=O) groups excluding carboxylic acids is 1. The zero-order valence-corrected chi connectivity index (χ0v) is 20.4. The summed E-state index contributed by atoms with van der Waals surface area (Å²) in [7, 11) is 3.76. The molecule has 4 heterocycles. The first kappa shape index (κ1) is 24.1. The molecule has 12 heteroatoms. The summed E-state index contributed by atoms with van der Waals surface area (Å²) >= 11 is -1.80. The predicted molar refractivity (Wildman–Crippen MR) is 123 cm³/mol. The van der Waals surface area contributed by atoms with E-state index in [4.69, 9.17) is 0 Å². The molecule has 3 aromatic rings. The zero-order chi connectivity index (χ0) is 24.3. The number of carbonyl (C=O) groups is 1. The maximum absolute atomic E-state index is 13.4. The summed E-state index contributed by atoms with van der Waals surface area (Å²) in [5.41, 5.74) is 1.23. The Balaban J connectivity index is 1.57. The number of nitrogens with zero attached hydrogens (tertiary/aromatic N) is 5. The third-order valence-electron chi connectivity index (χ3n) is 5.45. The monoisotopic (exact) mass is 539 g/mol. The predicted octanol–water partition coefficient (Wildman–Crippen LogP) is 1.20. The number of aryl methyl sites for hydroxylation is 1. The summed E-state index contributed by atoms with van der Waals surface area (Å²) in [6, 6.07) is 1.85. The minimum atomic E-state index is -4.34. The molecule has 4 rings (SSSR count). The van der Waals surface area contributed by atoms with Gasteiger partial charge in [0.25, 0.3) is 0 Å². The van der Waals surface area contributed by atoms with Crippen molar-refractivity contribution in [2.24, 2.45) is 7.05 Å². The van der Waals surface area contributed by atoms with Crippen LogP contribution in [-0.4, -0.2) is 82.7 Å². The van der Waals surface area contributed by atoms with Crippen molar-refractivity contribution in [2.45, 2.75) is 24.0 Å². The molecule has 0 saturated carbocycles. The molecule has 1 fully saturated rings. The molecule has 1 aliphatic rings. The molecule has 0 aromatic carbocycles. The van der Waals surface area contributed by atoms with Gasteiger partial charge in [0.1, 0.15) is 0 Å². The van der Waals surface area contributed by atoms with Crippen molar-refractivity contribution in [3.05, 3.63) is 42.0 Å². The van der Waals surface area contributed by atoms with Crippen LogP contribution in [-0.2, 0) is 7.05 Å². The number of aromatic nitrogens is 4. The van der Waals surface area contributed by atoms with Crippen molar-refractivity contribution < 1.29 is 18.0 Å². The molecule has 1 saturated heterocycles. The van der Waals surface area contributed by atoms with E-state index < -0.39 is 20.0 Å². The fourth-order valence-corrected chi connectivity index (χ4v) is 5.21. The van der Waals surface area contributed by atoms with E-state index in [9.17, 15) is 18.0 Å². The van der Waals surface area contributed by atoms with Crippen LogP contribution < -0.4 is 15.2 Å². The summed E-state index contributed by atoms with van der Waals surface area (Å²) < 4.78 is 43.3. The topological polar surface area (TPSA) is 79.5 Å². The zero-order valence-electron chi connectivity index (χ0n) is 18.7. The summed E-state index contributed by atoms with van der Waals surface area (Å²) in [5, 5.41) is 5.64. The number of rotatable bonds is 5. The van der Waals surface area contributed by atoms with Crippen LogP contribution in [0.4, 0.5) is 19.0 Å². The van der Waals surface area contributed by atoms with Crippen LogP contribution >= 0.6 is 0 Å². The van der Waals surface area contributed by atoms with Gasteiger partial charge in [-0.05, 0) is 0 Å². The van der Waals surface area contributed by atoms with Gasteiger partial charge in [-0.15, -0.1) is 0 Å². The van der Waals surface area contributed by atoms with Crippen molar-refractivity contribution in [3.8, 4) is 11.8 Å². The Bertz CT molecular complexity index is 1230. The van der Waals surface area contributed by atoms with Crippen molar-refractivity contribution in [3.63, 3.8) is 0 Å². The molecule has 34 heavy (non-hydrogen) atoms. The number of hydrogen-bond acceptors (Lipinski definition) is 5. The number of halogens is 3. The minimum absolute atomic E-state index is 0.00265. The molecule has 0 bridgehead atoms. The molecule has 0 atom stereocenters. The molecular weight excluding hydrogens is 514 g/mol. The van der Waals surface area contributed by atoms with Crippen LogP contribution in [0, 0.1) is 11.8 Å². The van der Waals surface area contributed by atoms with Crippen LogP contribution in [0.2, 0.25) is 0 Å². The normalized spacial score (nSPS) is 15.2. The van der Waals surface area contributed by atoms with E-state index in [0.29, 0.717) is 16.9 Å². The molecule has 3 aromatic heterocycles. The van der Waals surface area contributed by atoms with E-state index in [1.54, 1.807) is 19.3 Å². The van der Waals surface area contributed by atoms with Crippen LogP contribution in [0.25, 0.3) is 5.52 Å². The van der Waals surface area contributed by atoms with E-state index in [0.717, 1.165) is 25.9 Å². The molecule has 0 radical (unpaired) electrons. The number of alkyl halides is 3. The number of amides is 1. The standard InChI is InChI=1S/C22H24F3N7OSe/c1-30-9-5-17(6-10-30)29-19-18-12-15(21(34-22(23,24)25)32(18)11-8-26-19)4-3-7-27-20(33)16-13-28-31(2)14-16/h8,11-14,17H,5-7,9-10H2,1-2H3,(H,26,29)(H,27,33). The molecule has 0 unspecified atom stereocenters. The Labute approximate surface area is 201 Å². The summed E-state index contributed by atoms with van der Waals surface area (Å²) in [6.45, 7) is 1.90. The molecular formula is C22H24F3N7OSe. The van der Waals surface area contributed by atoms with E-state index >= 15 is 0 Å². The van der Waals surface area contributed by atoms with E-state index in [2.05, 4.69) is 44.5 Å². The number of fused-ring (bicyclic) bond motifs is 1. The van der Waals surface area contributed by atoms with Gasteiger partial charge in [0.05, 0.1) is 0 Å². The van der Waals surface area contributed by atoms with E-state index in [1.165, 1.54) is 27.7 Å². The van der Waals surface area contributed by atoms with Gasteiger partial charge in [0.15, 0.2) is 0 Å². The molecule has 8 nitrogen and oxygen atoms in total. The van der Waals surface area contributed by atoms with Crippen LogP contribution in [0.5, 0.6) is 0 Å². The Morgan fingerprint density at radius 3 is 2.74 bits per heavy atom. The number of likely N-dealkylation sites (tertiary alicyclic amines) is 1. The number of nitrogens with one attached hydrogen (secondary N) is 2. The van der Waals surface area contributed by atoms with Crippen molar-refractivity contribution in [1.82, 2.24) is 29.4 Å². The van der Waals surface area contributed by atoms with Gasteiger partial charge in [0.2, 0.25) is 0 Å². The first-order chi connectivity index (χ1) is 16.2. The first-order valence-electron chi connectivity index (χ1n) is 10.7. The van der Waals surface area contributed by atoms with Crippen LogP contribution in [0.15, 0.2) is 30.9 Å². The van der Waals surface area contributed by atoms with Gasteiger partial charge >= 0.3 is 201 Å². The Kier molecular flexibility index (Phi) is 7.16. The molecule has 2 N–H and O–H groups in total. The second-order valence-corrected chi connectivity index (χ2v) is 10.3. The summed E-state index contributed by atoms with van der Waals surface area (Å²) in [6.07, 6.45) is 7.91. The Morgan fingerprint density at radius 1 is 1.29 bits per heavy atom. The first-order valence-corrected chi connectivity index (χ1v) is 12.4. The fraction of sp³-hybridized carbons (Fsp3) is 0.409. The van der Waals surface area contributed by atoms with Crippen molar-refractivity contribution in [1.29, 1.82) is 0 Å². The van der Waals surface area contributed by atoms with Gasteiger partial charge in [-0.2, -0.15) is 0 Å². The van der Waals surface area contributed by atoms with Crippen LogP contribution in [0.1, 0.15) is 28.8 Å². The Morgan fingerprint density at radius 2 is 2.06 bits per heavy atom. The van der Waals surface area contributed by atoms with Crippen molar-refractivity contribution >= 4 is 36.8 Å². The second-order valence-electron chi connectivity index (χ2n) is 8.05. The average molecular weight is 538 g/mol. The fourth-order valence-electron chi connectivity index (χ4n) is 3.74. The molecule has 1 amide bonds. The van der Waals surface area contributed by atoms with Gasteiger partial charge in [-0.1, -0.05) is 0 Å². The SMILES string of the molecule is CN1CCC(Nc2nccn3c([Se]C(F)(F)F)c(C#CCNC(=O)c4cnn(C)c4)cc23)CC1. The molecule has 1 aliphatic heterocycles. The maximum atomic E-state index is 13.4. The van der Waals surface area contributed by atoms with Gasteiger partial charge in [-0.3, -0.25) is 0 Å².